The Hall–Kier alpha value is -3.36. The van der Waals surface area contributed by atoms with Gasteiger partial charge in [-0.2, -0.15) is 0 Å². The van der Waals surface area contributed by atoms with Crippen LogP contribution in [0.25, 0.3) is 33.0 Å². The molecule has 0 amide bonds. The molecule has 2 heteroatoms. The number of halogens is 1. The molecule has 5 rings (SSSR count). The summed E-state index contributed by atoms with van der Waals surface area (Å²) in [5, 5.41) is 6.09. The van der Waals surface area contributed by atoms with E-state index in [1.54, 1.807) is 0 Å². The predicted octanol–water partition coefficient (Wildman–Crippen LogP) is 8.68. The number of benzene rings is 5. The number of hydrogen-bond donors (Lipinski definition) is 1. The Morgan fingerprint density at radius 3 is 2.00 bits per heavy atom. The van der Waals surface area contributed by atoms with Crippen LogP contribution in [-0.4, -0.2) is 0 Å². The standard InChI is InChI=1S/C28H20BrN/c29-26-13-7-6-11-24(26)21-14-16-22(17-15-21)28-25-12-5-4-8-20(25)18-19-27(28)30-23-9-2-1-3-10-23/h1-19,30H. The highest BCUT2D eigenvalue weighted by molar-refractivity contribution is 9.10. The molecule has 0 aromatic heterocycles. The normalized spacial score (nSPS) is 10.8. The topological polar surface area (TPSA) is 12.0 Å². The summed E-state index contributed by atoms with van der Waals surface area (Å²) in [7, 11) is 0. The number of rotatable bonds is 4. The van der Waals surface area contributed by atoms with Crippen molar-refractivity contribution in [3.63, 3.8) is 0 Å². The Bertz CT molecular complexity index is 1310. The number of para-hydroxylation sites is 1. The Morgan fingerprint density at radius 2 is 1.20 bits per heavy atom. The summed E-state index contributed by atoms with van der Waals surface area (Å²) in [6, 6.07) is 40.4. The molecule has 0 saturated carbocycles. The maximum Gasteiger partial charge on any atom is 0.0470 e. The second-order valence-electron chi connectivity index (χ2n) is 7.26. The second-order valence-corrected chi connectivity index (χ2v) is 8.11. The molecule has 0 aliphatic heterocycles. The highest BCUT2D eigenvalue weighted by Gasteiger charge is 2.11. The quantitative estimate of drug-likeness (QED) is 0.289. The largest absolute Gasteiger partial charge is 0.355 e. The van der Waals surface area contributed by atoms with Gasteiger partial charge in [0.2, 0.25) is 0 Å². The first-order chi connectivity index (χ1) is 14.8. The fraction of sp³-hybridized carbons (Fsp3) is 0. The third kappa shape index (κ3) is 3.62. The highest BCUT2D eigenvalue weighted by atomic mass is 79.9. The lowest BCUT2D eigenvalue weighted by Crippen LogP contribution is -1.94. The monoisotopic (exact) mass is 449 g/mol. The van der Waals surface area contributed by atoms with Gasteiger partial charge in [-0.05, 0) is 51.7 Å². The molecular formula is C28H20BrN. The molecule has 0 spiro atoms. The van der Waals surface area contributed by atoms with E-state index in [0.717, 1.165) is 15.8 Å². The molecule has 0 aliphatic rings. The summed E-state index contributed by atoms with van der Waals surface area (Å²) in [5.74, 6) is 0. The molecule has 1 nitrogen and oxygen atoms in total. The van der Waals surface area contributed by atoms with E-state index in [0.29, 0.717) is 0 Å². The fourth-order valence-electron chi connectivity index (χ4n) is 3.88. The van der Waals surface area contributed by atoms with Gasteiger partial charge in [-0.25, -0.2) is 0 Å². The SMILES string of the molecule is Brc1ccccc1-c1ccc(-c2c(Nc3ccccc3)ccc3ccccc23)cc1. The van der Waals surface area contributed by atoms with Crippen LogP contribution >= 0.6 is 15.9 Å². The van der Waals surface area contributed by atoms with Gasteiger partial charge in [0.15, 0.2) is 0 Å². The summed E-state index contributed by atoms with van der Waals surface area (Å²) in [6.45, 7) is 0. The summed E-state index contributed by atoms with van der Waals surface area (Å²) in [4.78, 5) is 0. The lowest BCUT2D eigenvalue weighted by atomic mass is 9.94. The van der Waals surface area contributed by atoms with Crippen molar-refractivity contribution in [1.82, 2.24) is 0 Å². The average Bonchev–Trinajstić information content (AvgIpc) is 2.80. The lowest BCUT2D eigenvalue weighted by molar-refractivity contribution is 1.54. The first kappa shape index (κ1) is 18.7. The number of anilines is 2. The minimum absolute atomic E-state index is 1.08. The molecular weight excluding hydrogens is 430 g/mol. The molecule has 0 unspecified atom stereocenters. The lowest BCUT2D eigenvalue weighted by Gasteiger charge is -2.16. The maximum absolute atomic E-state index is 3.67. The third-order valence-corrected chi connectivity index (χ3v) is 6.03. The van der Waals surface area contributed by atoms with E-state index in [1.165, 1.54) is 33.0 Å². The van der Waals surface area contributed by atoms with Crippen LogP contribution in [-0.2, 0) is 0 Å². The van der Waals surface area contributed by atoms with Gasteiger partial charge in [-0.15, -0.1) is 0 Å². The number of fused-ring (bicyclic) bond motifs is 1. The summed E-state index contributed by atoms with van der Waals surface area (Å²) >= 11 is 3.67. The van der Waals surface area contributed by atoms with Gasteiger partial charge in [0.05, 0.1) is 0 Å². The zero-order valence-corrected chi connectivity index (χ0v) is 17.9. The molecule has 1 N–H and O–H groups in total. The zero-order valence-electron chi connectivity index (χ0n) is 16.3. The van der Waals surface area contributed by atoms with Crippen LogP contribution in [0.4, 0.5) is 11.4 Å². The van der Waals surface area contributed by atoms with Gasteiger partial charge in [0.1, 0.15) is 0 Å². The van der Waals surface area contributed by atoms with E-state index in [9.17, 15) is 0 Å². The number of nitrogens with one attached hydrogen (secondary N) is 1. The van der Waals surface area contributed by atoms with Crippen LogP contribution in [0.1, 0.15) is 0 Å². The van der Waals surface area contributed by atoms with Crippen molar-refractivity contribution in [2.45, 2.75) is 0 Å². The zero-order chi connectivity index (χ0) is 20.3. The Balaban J connectivity index is 1.63. The van der Waals surface area contributed by atoms with Crippen molar-refractivity contribution in [3.8, 4) is 22.3 Å². The maximum atomic E-state index is 3.67. The molecule has 5 aromatic carbocycles. The van der Waals surface area contributed by atoms with Crippen LogP contribution < -0.4 is 5.32 Å². The van der Waals surface area contributed by atoms with Gasteiger partial charge in [-0.1, -0.05) is 107 Å². The van der Waals surface area contributed by atoms with Crippen LogP contribution in [0.5, 0.6) is 0 Å². The van der Waals surface area contributed by atoms with Crippen LogP contribution in [0.2, 0.25) is 0 Å². The van der Waals surface area contributed by atoms with E-state index in [2.05, 4.69) is 124 Å². The van der Waals surface area contributed by atoms with Crippen molar-refractivity contribution in [2.24, 2.45) is 0 Å². The van der Waals surface area contributed by atoms with E-state index < -0.39 is 0 Å². The van der Waals surface area contributed by atoms with E-state index >= 15 is 0 Å². The van der Waals surface area contributed by atoms with Gasteiger partial charge >= 0.3 is 0 Å². The highest BCUT2D eigenvalue weighted by Crippen LogP contribution is 2.38. The summed E-state index contributed by atoms with van der Waals surface area (Å²) < 4.78 is 1.11. The van der Waals surface area contributed by atoms with Crippen LogP contribution in [0.15, 0.2) is 120 Å². The van der Waals surface area contributed by atoms with E-state index in [1.807, 2.05) is 12.1 Å². The average molecular weight is 450 g/mol. The van der Waals surface area contributed by atoms with E-state index in [4.69, 9.17) is 0 Å². The van der Waals surface area contributed by atoms with Gasteiger partial charge < -0.3 is 5.32 Å². The van der Waals surface area contributed by atoms with Crippen LogP contribution in [0, 0.1) is 0 Å². The van der Waals surface area contributed by atoms with Crippen molar-refractivity contribution >= 4 is 38.1 Å². The summed E-state index contributed by atoms with van der Waals surface area (Å²) in [6.07, 6.45) is 0. The first-order valence-corrected chi connectivity index (χ1v) is 10.8. The Morgan fingerprint density at radius 1 is 0.533 bits per heavy atom. The molecule has 0 fully saturated rings. The van der Waals surface area contributed by atoms with Crippen molar-refractivity contribution < 1.29 is 0 Å². The fourth-order valence-corrected chi connectivity index (χ4v) is 4.39. The predicted molar refractivity (Wildman–Crippen MR) is 132 cm³/mol. The molecule has 144 valence electrons. The van der Waals surface area contributed by atoms with Crippen molar-refractivity contribution in [3.05, 3.63) is 120 Å². The first-order valence-electron chi connectivity index (χ1n) is 9.99. The minimum Gasteiger partial charge on any atom is -0.355 e. The molecule has 30 heavy (non-hydrogen) atoms. The van der Waals surface area contributed by atoms with Gasteiger partial charge in [0, 0.05) is 21.4 Å². The molecule has 0 bridgehead atoms. The van der Waals surface area contributed by atoms with Crippen LogP contribution in [0.3, 0.4) is 0 Å². The smallest absolute Gasteiger partial charge is 0.0470 e. The van der Waals surface area contributed by atoms with E-state index in [-0.39, 0.29) is 0 Å². The molecule has 0 atom stereocenters. The molecule has 0 heterocycles. The third-order valence-electron chi connectivity index (χ3n) is 5.34. The molecule has 5 aromatic rings. The molecule has 0 saturated heterocycles. The molecule has 0 radical (unpaired) electrons. The number of hydrogen-bond acceptors (Lipinski definition) is 1. The van der Waals surface area contributed by atoms with Crippen molar-refractivity contribution in [2.75, 3.05) is 5.32 Å². The summed E-state index contributed by atoms with van der Waals surface area (Å²) in [5.41, 5.74) is 7.00. The Labute approximate surface area is 185 Å². The van der Waals surface area contributed by atoms with Gasteiger partial charge in [0.25, 0.3) is 0 Å². The molecule has 0 aliphatic carbocycles. The van der Waals surface area contributed by atoms with Gasteiger partial charge in [-0.3, -0.25) is 0 Å². The minimum atomic E-state index is 1.08. The van der Waals surface area contributed by atoms with Crippen molar-refractivity contribution in [1.29, 1.82) is 0 Å². The Kier molecular flexibility index (Phi) is 5.08. The second kappa shape index (κ2) is 8.17.